The van der Waals surface area contributed by atoms with Crippen LogP contribution >= 0.6 is 11.3 Å². The maximum Gasteiger partial charge on any atom is 0.293 e. The summed E-state index contributed by atoms with van der Waals surface area (Å²) in [5.74, 6) is 0.683. The predicted octanol–water partition coefficient (Wildman–Crippen LogP) is 5.43. The van der Waals surface area contributed by atoms with Gasteiger partial charge in [-0.2, -0.15) is 0 Å². The molecule has 0 radical (unpaired) electrons. The van der Waals surface area contributed by atoms with E-state index in [1.807, 2.05) is 12.1 Å². The van der Waals surface area contributed by atoms with E-state index in [1.165, 1.54) is 17.6 Å². The van der Waals surface area contributed by atoms with Crippen LogP contribution in [0.4, 0.5) is 10.8 Å². The van der Waals surface area contributed by atoms with Crippen molar-refractivity contribution in [3.63, 3.8) is 0 Å². The Labute approximate surface area is 183 Å². The molecule has 2 aromatic carbocycles. The standard InChI is InChI=1S/C23H21N3O4S/c1-14(2)13-30-17-6-3-5-15(11-17)21(27)24-16-8-9-18-20(12-16)31-23(25-18)26-22(28)19-7-4-10-29-19/h3-12,14H,13H2,1-2H3,(H,24,27)(H,25,26,28). The van der Waals surface area contributed by atoms with Gasteiger partial charge in [0, 0.05) is 11.3 Å². The fourth-order valence-corrected chi connectivity index (χ4v) is 3.72. The summed E-state index contributed by atoms with van der Waals surface area (Å²) < 4.78 is 11.6. The third-order valence-corrected chi connectivity index (χ3v) is 5.22. The molecule has 7 nitrogen and oxygen atoms in total. The number of hydrogen-bond acceptors (Lipinski definition) is 6. The van der Waals surface area contributed by atoms with E-state index in [-0.39, 0.29) is 17.6 Å². The van der Waals surface area contributed by atoms with Crippen LogP contribution in [0.3, 0.4) is 0 Å². The molecule has 31 heavy (non-hydrogen) atoms. The molecule has 0 aliphatic carbocycles. The molecule has 2 heterocycles. The van der Waals surface area contributed by atoms with Crippen LogP contribution in [0.1, 0.15) is 34.8 Å². The lowest BCUT2D eigenvalue weighted by molar-refractivity contribution is 0.0994. The molecule has 0 atom stereocenters. The van der Waals surface area contributed by atoms with E-state index < -0.39 is 0 Å². The lowest BCUT2D eigenvalue weighted by Crippen LogP contribution is -2.12. The van der Waals surface area contributed by atoms with Crippen LogP contribution in [-0.2, 0) is 0 Å². The second-order valence-corrected chi connectivity index (χ2v) is 8.35. The Balaban J connectivity index is 1.45. The van der Waals surface area contributed by atoms with Crippen molar-refractivity contribution < 1.29 is 18.7 Å². The highest BCUT2D eigenvalue weighted by atomic mass is 32.1. The van der Waals surface area contributed by atoms with E-state index >= 15 is 0 Å². The van der Waals surface area contributed by atoms with Gasteiger partial charge in [-0.05, 0) is 54.4 Å². The lowest BCUT2D eigenvalue weighted by atomic mass is 10.2. The Bertz CT molecular complexity index is 1210. The average Bonchev–Trinajstić information content (AvgIpc) is 3.42. The molecule has 0 bridgehead atoms. The first-order valence-electron chi connectivity index (χ1n) is 9.77. The maximum absolute atomic E-state index is 12.7. The SMILES string of the molecule is CC(C)COc1cccc(C(=O)Nc2ccc3nc(NC(=O)c4ccco4)sc3c2)c1. The molecule has 0 spiro atoms. The fourth-order valence-electron chi connectivity index (χ4n) is 2.82. The Morgan fingerprint density at radius 1 is 1.06 bits per heavy atom. The van der Waals surface area contributed by atoms with E-state index in [1.54, 1.807) is 42.5 Å². The number of benzene rings is 2. The monoisotopic (exact) mass is 435 g/mol. The van der Waals surface area contributed by atoms with Crippen LogP contribution in [0.25, 0.3) is 10.2 Å². The Morgan fingerprint density at radius 3 is 2.71 bits per heavy atom. The number of nitrogens with zero attached hydrogens (tertiary/aromatic N) is 1. The van der Waals surface area contributed by atoms with E-state index in [0.717, 1.165) is 10.2 Å². The number of thiazole rings is 1. The smallest absolute Gasteiger partial charge is 0.293 e. The Kier molecular flexibility index (Phi) is 5.99. The van der Waals surface area contributed by atoms with Crippen LogP contribution in [0, 0.1) is 5.92 Å². The average molecular weight is 436 g/mol. The van der Waals surface area contributed by atoms with Gasteiger partial charge in [0.1, 0.15) is 5.75 Å². The summed E-state index contributed by atoms with van der Waals surface area (Å²) in [4.78, 5) is 29.2. The minimum atomic E-state index is -0.364. The van der Waals surface area contributed by atoms with Gasteiger partial charge < -0.3 is 14.5 Å². The number of carbonyl (C=O) groups excluding carboxylic acids is 2. The number of fused-ring (bicyclic) bond motifs is 1. The summed E-state index contributed by atoms with van der Waals surface area (Å²) in [6.07, 6.45) is 1.44. The molecule has 158 valence electrons. The zero-order chi connectivity index (χ0) is 21.8. The minimum absolute atomic E-state index is 0.215. The summed E-state index contributed by atoms with van der Waals surface area (Å²) in [5, 5.41) is 6.07. The highest BCUT2D eigenvalue weighted by Crippen LogP contribution is 2.29. The van der Waals surface area contributed by atoms with Gasteiger partial charge in [-0.25, -0.2) is 4.98 Å². The van der Waals surface area contributed by atoms with Crippen molar-refractivity contribution in [1.82, 2.24) is 4.98 Å². The second-order valence-electron chi connectivity index (χ2n) is 7.32. The summed E-state index contributed by atoms with van der Waals surface area (Å²) in [6, 6.07) is 15.7. The van der Waals surface area contributed by atoms with Crippen LogP contribution in [0.15, 0.2) is 65.3 Å². The number of aromatic nitrogens is 1. The van der Waals surface area contributed by atoms with Crippen LogP contribution in [0.2, 0.25) is 0 Å². The van der Waals surface area contributed by atoms with Crippen LogP contribution in [0.5, 0.6) is 5.75 Å². The van der Waals surface area contributed by atoms with Crippen LogP contribution in [-0.4, -0.2) is 23.4 Å². The number of anilines is 2. The normalized spacial score (nSPS) is 10.9. The van der Waals surface area contributed by atoms with Gasteiger partial charge in [0.15, 0.2) is 10.9 Å². The molecule has 8 heteroatoms. The van der Waals surface area contributed by atoms with Crippen molar-refractivity contribution >= 4 is 44.2 Å². The third kappa shape index (κ3) is 5.10. The molecule has 0 saturated heterocycles. The number of furan rings is 1. The van der Waals surface area contributed by atoms with Gasteiger partial charge >= 0.3 is 0 Å². The molecule has 2 N–H and O–H groups in total. The number of nitrogens with one attached hydrogen (secondary N) is 2. The summed E-state index contributed by atoms with van der Waals surface area (Å²) >= 11 is 1.32. The molecule has 2 aromatic heterocycles. The quantitative estimate of drug-likeness (QED) is 0.404. The number of carbonyl (C=O) groups is 2. The molecule has 0 unspecified atom stereocenters. The van der Waals surface area contributed by atoms with Crippen LogP contribution < -0.4 is 15.4 Å². The van der Waals surface area contributed by atoms with E-state index in [2.05, 4.69) is 29.5 Å². The van der Waals surface area contributed by atoms with Gasteiger partial charge in [0.05, 0.1) is 23.1 Å². The van der Waals surface area contributed by atoms with Crippen molar-refractivity contribution in [3.05, 3.63) is 72.2 Å². The number of ether oxygens (including phenoxy) is 1. The molecular formula is C23H21N3O4S. The van der Waals surface area contributed by atoms with Gasteiger partial charge in [-0.1, -0.05) is 31.3 Å². The first-order valence-corrected chi connectivity index (χ1v) is 10.6. The minimum Gasteiger partial charge on any atom is -0.493 e. The summed E-state index contributed by atoms with van der Waals surface area (Å²) in [7, 11) is 0. The van der Waals surface area contributed by atoms with Crippen molar-refractivity contribution in [2.24, 2.45) is 5.92 Å². The number of amides is 2. The fraction of sp³-hybridized carbons (Fsp3) is 0.174. The molecular weight excluding hydrogens is 414 g/mol. The van der Waals surface area contributed by atoms with E-state index in [0.29, 0.717) is 34.7 Å². The zero-order valence-corrected chi connectivity index (χ0v) is 17.9. The molecule has 0 saturated carbocycles. The van der Waals surface area contributed by atoms with Gasteiger partial charge in [0.2, 0.25) is 0 Å². The number of rotatable bonds is 7. The van der Waals surface area contributed by atoms with Gasteiger partial charge in [-0.15, -0.1) is 0 Å². The lowest BCUT2D eigenvalue weighted by Gasteiger charge is -2.10. The first-order chi connectivity index (χ1) is 15.0. The molecule has 4 aromatic rings. The maximum atomic E-state index is 12.7. The molecule has 0 fully saturated rings. The molecule has 0 aliphatic heterocycles. The topological polar surface area (TPSA) is 93.5 Å². The molecule has 2 amide bonds. The number of hydrogen-bond donors (Lipinski definition) is 2. The first kappa shape index (κ1) is 20.6. The van der Waals surface area contributed by atoms with Crippen molar-refractivity contribution in [2.45, 2.75) is 13.8 Å². The summed E-state index contributed by atoms with van der Waals surface area (Å²) in [5.41, 5.74) is 1.87. The Morgan fingerprint density at radius 2 is 1.94 bits per heavy atom. The molecule has 4 rings (SSSR count). The zero-order valence-electron chi connectivity index (χ0n) is 17.0. The highest BCUT2D eigenvalue weighted by molar-refractivity contribution is 7.22. The largest absolute Gasteiger partial charge is 0.493 e. The Hall–Kier alpha value is -3.65. The molecule has 0 aliphatic rings. The van der Waals surface area contributed by atoms with E-state index in [4.69, 9.17) is 9.15 Å². The van der Waals surface area contributed by atoms with Gasteiger partial charge in [0.25, 0.3) is 11.8 Å². The third-order valence-electron chi connectivity index (χ3n) is 4.29. The summed E-state index contributed by atoms with van der Waals surface area (Å²) in [6.45, 7) is 4.73. The van der Waals surface area contributed by atoms with Crippen molar-refractivity contribution in [2.75, 3.05) is 17.2 Å². The van der Waals surface area contributed by atoms with Crippen molar-refractivity contribution in [1.29, 1.82) is 0 Å². The predicted molar refractivity (Wildman–Crippen MR) is 121 cm³/mol. The van der Waals surface area contributed by atoms with Crippen molar-refractivity contribution in [3.8, 4) is 5.75 Å². The van der Waals surface area contributed by atoms with Gasteiger partial charge in [-0.3, -0.25) is 14.9 Å². The highest BCUT2D eigenvalue weighted by Gasteiger charge is 2.13. The van der Waals surface area contributed by atoms with E-state index in [9.17, 15) is 9.59 Å². The second kappa shape index (κ2) is 9.01.